The minimum atomic E-state index is -1.02. The number of benzene rings is 1. The minimum absolute atomic E-state index is 0.110. The van der Waals surface area contributed by atoms with Crippen LogP contribution in [0.5, 0.6) is 0 Å². The molecular formula is C17H11ClFN5O3. The van der Waals surface area contributed by atoms with E-state index < -0.39 is 22.6 Å². The summed E-state index contributed by atoms with van der Waals surface area (Å²) in [6, 6.07) is 7.47. The number of aromatic nitrogens is 5. The van der Waals surface area contributed by atoms with Crippen molar-refractivity contribution in [2.24, 2.45) is 7.05 Å². The van der Waals surface area contributed by atoms with Crippen LogP contribution in [0.3, 0.4) is 0 Å². The van der Waals surface area contributed by atoms with Crippen molar-refractivity contribution in [3.63, 3.8) is 0 Å². The van der Waals surface area contributed by atoms with Crippen molar-refractivity contribution in [2.75, 3.05) is 0 Å². The van der Waals surface area contributed by atoms with Crippen molar-refractivity contribution in [3.05, 3.63) is 78.6 Å². The topological polar surface area (TPSA) is 105 Å². The van der Waals surface area contributed by atoms with Crippen molar-refractivity contribution in [1.29, 1.82) is 0 Å². The molecule has 0 amide bonds. The Balaban J connectivity index is 2.22. The van der Waals surface area contributed by atoms with Gasteiger partial charge in [0.15, 0.2) is 11.5 Å². The van der Waals surface area contributed by atoms with Gasteiger partial charge in [-0.05, 0) is 23.8 Å². The lowest BCUT2D eigenvalue weighted by Crippen LogP contribution is -2.31. The molecule has 0 atom stereocenters. The largest absolute Gasteiger partial charge is 0.363 e. The van der Waals surface area contributed by atoms with Crippen LogP contribution in [0.2, 0.25) is 5.02 Å². The van der Waals surface area contributed by atoms with Gasteiger partial charge in [-0.25, -0.2) is 19.0 Å². The number of pyridine rings is 1. The van der Waals surface area contributed by atoms with Gasteiger partial charge in [0.2, 0.25) is 0 Å². The summed E-state index contributed by atoms with van der Waals surface area (Å²) >= 11 is 5.93. The van der Waals surface area contributed by atoms with Gasteiger partial charge in [0.05, 0.1) is 5.56 Å². The van der Waals surface area contributed by atoms with Crippen molar-refractivity contribution in [2.45, 2.75) is 0 Å². The first-order valence-corrected chi connectivity index (χ1v) is 8.11. The molecule has 0 saturated heterocycles. The van der Waals surface area contributed by atoms with Gasteiger partial charge in [-0.15, -0.1) is 0 Å². The summed E-state index contributed by atoms with van der Waals surface area (Å²) in [5.41, 5.74) is -0.836. The molecule has 0 radical (unpaired) electrons. The van der Waals surface area contributed by atoms with Crippen LogP contribution in [0, 0.1) is 5.82 Å². The molecule has 0 bridgehead atoms. The first kappa shape index (κ1) is 17.0. The third kappa shape index (κ3) is 2.59. The highest BCUT2D eigenvalue weighted by molar-refractivity contribution is 6.30. The summed E-state index contributed by atoms with van der Waals surface area (Å²) in [7, 11) is 1.42. The van der Waals surface area contributed by atoms with Crippen LogP contribution in [0.4, 0.5) is 4.39 Å². The SMILES string of the molecule is Cn1c(=O)c(-c2ccc(Cl)cc2)c(-c2c[nH]c(=O)c(F)c2)c2n[nH]c(=O)n21. The number of fused-ring (bicyclic) bond motifs is 1. The normalized spacial score (nSPS) is 11.2. The zero-order chi connectivity index (χ0) is 19.3. The van der Waals surface area contributed by atoms with Gasteiger partial charge < -0.3 is 4.98 Å². The Labute approximate surface area is 154 Å². The number of rotatable bonds is 2. The lowest BCUT2D eigenvalue weighted by atomic mass is 9.97. The Kier molecular flexibility index (Phi) is 3.81. The second-order valence-corrected chi connectivity index (χ2v) is 6.25. The Morgan fingerprint density at radius 1 is 1.07 bits per heavy atom. The van der Waals surface area contributed by atoms with Gasteiger partial charge >= 0.3 is 5.69 Å². The summed E-state index contributed by atoms with van der Waals surface area (Å²) < 4.78 is 16.0. The number of hydrogen-bond donors (Lipinski definition) is 2. The van der Waals surface area contributed by atoms with Gasteiger partial charge in [0.1, 0.15) is 0 Å². The quantitative estimate of drug-likeness (QED) is 0.544. The smallest absolute Gasteiger partial charge is 0.326 e. The first-order chi connectivity index (χ1) is 12.9. The maximum atomic E-state index is 13.9. The van der Waals surface area contributed by atoms with E-state index in [1.807, 2.05) is 0 Å². The van der Waals surface area contributed by atoms with Crippen LogP contribution in [0.1, 0.15) is 0 Å². The van der Waals surface area contributed by atoms with E-state index in [9.17, 15) is 18.8 Å². The van der Waals surface area contributed by atoms with Gasteiger partial charge in [-0.1, -0.05) is 23.7 Å². The Morgan fingerprint density at radius 3 is 2.44 bits per heavy atom. The van der Waals surface area contributed by atoms with Crippen LogP contribution in [-0.2, 0) is 7.05 Å². The molecule has 1 aromatic carbocycles. The zero-order valence-electron chi connectivity index (χ0n) is 13.8. The number of halogens is 2. The maximum absolute atomic E-state index is 13.9. The van der Waals surface area contributed by atoms with E-state index in [1.54, 1.807) is 24.3 Å². The fourth-order valence-corrected chi connectivity index (χ4v) is 3.09. The second-order valence-electron chi connectivity index (χ2n) is 5.82. The van der Waals surface area contributed by atoms with Crippen molar-refractivity contribution < 1.29 is 4.39 Å². The van der Waals surface area contributed by atoms with Gasteiger partial charge in [0, 0.05) is 29.4 Å². The van der Waals surface area contributed by atoms with Crippen molar-refractivity contribution in [3.8, 4) is 22.3 Å². The standard InChI is InChI=1S/C17H11ClFN5O3/c1-23-16(26)13(8-2-4-10(18)5-3-8)12(14-21-22-17(27)24(14)23)9-6-11(19)15(25)20-7-9/h2-7H,1H3,(H,20,25)(H,22,27). The second kappa shape index (κ2) is 6.06. The number of nitrogens with one attached hydrogen (secondary N) is 2. The maximum Gasteiger partial charge on any atom is 0.363 e. The molecule has 8 nitrogen and oxygen atoms in total. The monoisotopic (exact) mass is 387 g/mol. The molecule has 0 fully saturated rings. The summed E-state index contributed by atoms with van der Waals surface area (Å²) in [4.78, 5) is 38.8. The lowest BCUT2D eigenvalue weighted by Gasteiger charge is -2.13. The number of aromatic amines is 2. The molecule has 3 aromatic heterocycles. The molecule has 0 unspecified atom stereocenters. The van der Waals surface area contributed by atoms with E-state index in [1.165, 1.54) is 13.2 Å². The molecule has 0 aliphatic carbocycles. The summed E-state index contributed by atoms with van der Waals surface area (Å²) in [6.45, 7) is 0. The van der Waals surface area contributed by atoms with Crippen LogP contribution in [0.25, 0.3) is 27.9 Å². The van der Waals surface area contributed by atoms with Crippen LogP contribution < -0.4 is 16.8 Å². The molecule has 27 heavy (non-hydrogen) atoms. The molecule has 3 heterocycles. The van der Waals surface area contributed by atoms with E-state index in [-0.39, 0.29) is 22.3 Å². The van der Waals surface area contributed by atoms with E-state index in [4.69, 9.17) is 11.6 Å². The highest BCUT2D eigenvalue weighted by Crippen LogP contribution is 2.32. The third-order valence-corrected chi connectivity index (χ3v) is 4.46. The van der Waals surface area contributed by atoms with Gasteiger partial charge in [0.25, 0.3) is 11.1 Å². The Bertz CT molecular complexity index is 1360. The van der Waals surface area contributed by atoms with Crippen molar-refractivity contribution >= 4 is 17.2 Å². The summed E-state index contributed by atoms with van der Waals surface area (Å²) in [5, 5.41) is 6.73. The first-order valence-electron chi connectivity index (χ1n) is 7.73. The fourth-order valence-electron chi connectivity index (χ4n) is 2.96. The number of H-pyrrole nitrogens is 2. The highest BCUT2D eigenvalue weighted by atomic mass is 35.5. The fraction of sp³-hybridized carbons (Fsp3) is 0.0588. The van der Waals surface area contributed by atoms with Crippen LogP contribution in [-0.4, -0.2) is 24.4 Å². The molecule has 0 spiro atoms. The minimum Gasteiger partial charge on any atom is -0.326 e. The molecule has 10 heteroatoms. The molecular weight excluding hydrogens is 377 g/mol. The lowest BCUT2D eigenvalue weighted by molar-refractivity contribution is 0.609. The predicted molar refractivity (Wildman–Crippen MR) is 97.5 cm³/mol. The van der Waals surface area contributed by atoms with Crippen molar-refractivity contribution in [1.82, 2.24) is 24.4 Å². The number of hydrogen-bond acceptors (Lipinski definition) is 4. The predicted octanol–water partition coefficient (Wildman–Crippen LogP) is 1.54. The Morgan fingerprint density at radius 2 is 1.78 bits per heavy atom. The number of nitrogens with zero attached hydrogens (tertiary/aromatic N) is 3. The zero-order valence-corrected chi connectivity index (χ0v) is 14.5. The molecule has 2 N–H and O–H groups in total. The third-order valence-electron chi connectivity index (χ3n) is 4.21. The summed E-state index contributed by atoms with van der Waals surface area (Å²) in [6.07, 6.45) is 1.26. The summed E-state index contributed by atoms with van der Waals surface area (Å²) in [5.74, 6) is -1.02. The molecule has 136 valence electrons. The van der Waals surface area contributed by atoms with Crippen LogP contribution >= 0.6 is 11.6 Å². The van der Waals surface area contributed by atoms with Gasteiger partial charge in [-0.2, -0.15) is 9.61 Å². The van der Waals surface area contributed by atoms with E-state index in [0.29, 0.717) is 10.6 Å². The van der Waals surface area contributed by atoms with E-state index in [2.05, 4.69) is 15.2 Å². The van der Waals surface area contributed by atoms with Gasteiger partial charge in [-0.3, -0.25) is 9.59 Å². The number of aryl methyl sites for hydroxylation is 1. The molecule has 0 aliphatic rings. The van der Waals surface area contributed by atoms with Crippen LogP contribution in [0.15, 0.2) is 50.9 Å². The average molecular weight is 388 g/mol. The molecule has 0 aliphatic heterocycles. The van der Waals surface area contributed by atoms with E-state index >= 15 is 0 Å². The average Bonchev–Trinajstić information content (AvgIpc) is 3.03. The molecule has 4 rings (SSSR count). The molecule has 0 saturated carbocycles. The van der Waals surface area contributed by atoms with E-state index in [0.717, 1.165) is 15.3 Å². The Hall–Kier alpha value is -3.46. The highest BCUT2D eigenvalue weighted by Gasteiger charge is 2.22. The molecule has 4 aromatic rings.